The van der Waals surface area contributed by atoms with Gasteiger partial charge in [0.15, 0.2) is 5.96 Å². The van der Waals surface area contributed by atoms with Gasteiger partial charge in [-0.3, -0.25) is 0 Å². The molecule has 2 aromatic rings. The topological polar surface area (TPSA) is 109 Å². The van der Waals surface area contributed by atoms with Gasteiger partial charge in [-0.05, 0) is 26.0 Å². The molecule has 0 aliphatic carbocycles. The van der Waals surface area contributed by atoms with E-state index in [4.69, 9.17) is 5.14 Å². The van der Waals surface area contributed by atoms with Crippen molar-refractivity contribution in [2.24, 2.45) is 10.1 Å². The summed E-state index contributed by atoms with van der Waals surface area (Å²) in [6, 6.07) is 3.24. The standard InChI is InChI=1S/C14H21N5O2S3.HI/c1-3-16-14(17-7-6-12-18-8-10(2)22-12)19-9-11-4-5-13(23-11)24(15,20)21;/h4-5,8H,3,6-7,9H2,1-2H3,(H2,15,20,21)(H2,16,17,19);1H. The third kappa shape index (κ3) is 7.56. The number of nitrogens with one attached hydrogen (secondary N) is 2. The van der Waals surface area contributed by atoms with Gasteiger partial charge in [-0.1, -0.05) is 0 Å². The first-order valence-electron chi connectivity index (χ1n) is 7.43. The van der Waals surface area contributed by atoms with Crippen LogP contribution in [0.2, 0.25) is 0 Å². The average Bonchev–Trinajstić information content (AvgIpc) is 3.13. The van der Waals surface area contributed by atoms with Gasteiger partial charge in [-0.25, -0.2) is 23.5 Å². The summed E-state index contributed by atoms with van der Waals surface area (Å²) >= 11 is 2.83. The number of hydrogen-bond donors (Lipinski definition) is 3. The van der Waals surface area contributed by atoms with Gasteiger partial charge < -0.3 is 10.6 Å². The zero-order chi connectivity index (χ0) is 17.6. The molecule has 11 heteroatoms. The molecule has 0 saturated heterocycles. The summed E-state index contributed by atoms with van der Waals surface area (Å²) in [5.74, 6) is 0.691. The van der Waals surface area contributed by atoms with E-state index in [0.717, 1.165) is 40.7 Å². The monoisotopic (exact) mass is 515 g/mol. The lowest BCUT2D eigenvalue weighted by Gasteiger charge is -2.10. The number of guanidine groups is 1. The third-order valence-electron chi connectivity index (χ3n) is 2.96. The first kappa shape index (κ1) is 22.3. The smallest absolute Gasteiger partial charge is 0.247 e. The van der Waals surface area contributed by atoms with Crippen LogP contribution < -0.4 is 15.8 Å². The Morgan fingerprint density at radius 2 is 2.08 bits per heavy atom. The van der Waals surface area contributed by atoms with Crippen LogP contribution in [0.1, 0.15) is 21.7 Å². The first-order valence-corrected chi connectivity index (χ1v) is 10.6. The van der Waals surface area contributed by atoms with E-state index in [1.165, 1.54) is 10.9 Å². The third-order valence-corrected chi connectivity index (χ3v) is 6.44. The van der Waals surface area contributed by atoms with Crippen LogP contribution >= 0.6 is 46.7 Å². The van der Waals surface area contributed by atoms with E-state index in [1.54, 1.807) is 17.4 Å². The van der Waals surface area contributed by atoms with Gasteiger partial charge in [-0.15, -0.1) is 46.7 Å². The molecular weight excluding hydrogens is 493 g/mol. The van der Waals surface area contributed by atoms with Crippen LogP contribution in [0.3, 0.4) is 0 Å². The minimum absolute atomic E-state index is 0. The predicted molar refractivity (Wildman–Crippen MR) is 114 cm³/mol. The molecule has 4 N–H and O–H groups in total. The molecule has 0 spiro atoms. The summed E-state index contributed by atoms with van der Waals surface area (Å²) in [6.07, 6.45) is 2.71. The molecule has 140 valence electrons. The summed E-state index contributed by atoms with van der Waals surface area (Å²) in [4.78, 5) is 10.8. The highest BCUT2D eigenvalue weighted by Crippen LogP contribution is 2.20. The van der Waals surface area contributed by atoms with Gasteiger partial charge in [0.1, 0.15) is 4.21 Å². The number of aliphatic imine (C=N–C) groups is 1. The molecule has 0 fully saturated rings. The maximum absolute atomic E-state index is 11.3. The molecule has 0 aromatic carbocycles. The molecule has 25 heavy (non-hydrogen) atoms. The number of thiazole rings is 1. The maximum Gasteiger partial charge on any atom is 0.247 e. The highest BCUT2D eigenvalue weighted by molar-refractivity contribution is 14.0. The van der Waals surface area contributed by atoms with E-state index in [9.17, 15) is 8.42 Å². The fraction of sp³-hybridized carbons (Fsp3) is 0.429. The van der Waals surface area contributed by atoms with Crippen LogP contribution in [0.4, 0.5) is 0 Å². The number of aryl methyl sites for hydroxylation is 1. The van der Waals surface area contributed by atoms with E-state index in [-0.39, 0.29) is 28.2 Å². The Hall–Kier alpha value is -0.760. The van der Waals surface area contributed by atoms with Gasteiger partial charge in [0.2, 0.25) is 10.0 Å². The first-order chi connectivity index (χ1) is 11.4. The van der Waals surface area contributed by atoms with Crippen molar-refractivity contribution in [2.75, 3.05) is 13.1 Å². The van der Waals surface area contributed by atoms with Gasteiger partial charge in [0, 0.05) is 35.5 Å². The number of primary sulfonamides is 1. The van der Waals surface area contributed by atoms with Gasteiger partial charge in [-0.2, -0.15) is 0 Å². The summed E-state index contributed by atoms with van der Waals surface area (Å²) in [5, 5.41) is 12.6. The van der Waals surface area contributed by atoms with Crippen molar-refractivity contribution < 1.29 is 8.42 Å². The molecule has 0 aliphatic heterocycles. The number of rotatable bonds is 7. The SMILES string of the molecule is CCNC(=NCc1ccc(S(N)(=O)=O)s1)NCCc1ncc(C)s1.I. The van der Waals surface area contributed by atoms with Crippen molar-refractivity contribution in [2.45, 2.75) is 31.0 Å². The van der Waals surface area contributed by atoms with Crippen LogP contribution in [0.15, 0.2) is 27.5 Å². The van der Waals surface area contributed by atoms with E-state index in [0.29, 0.717) is 12.5 Å². The molecule has 2 aromatic heterocycles. The molecule has 0 radical (unpaired) electrons. The van der Waals surface area contributed by atoms with Crippen molar-refractivity contribution in [1.82, 2.24) is 15.6 Å². The molecular formula is C14H22IN5O2S3. The molecule has 0 unspecified atom stereocenters. The quantitative estimate of drug-likeness (QED) is 0.297. The van der Waals surface area contributed by atoms with Crippen LogP contribution in [-0.2, 0) is 23.0 Å². The van der Waals surface area contributed by atoms with Gasteiger partial charge in [0.05, 0.1) is 11.6 Å². The summed E-state index contributed by atoms with van der Waals surface area (Å²) in [6.45, 7) is 5.90. The van der Waals surface area contributed by atoms with Crippen LogP contribution in [0, 0.1) is 6.92 Å². The molecule has 0 saturated carbocycles. The normalized spacial score (nSPS) is 11.9. The Balaban J connectivity index is 0.00000312. The molecule has 0 atom stereocenters. The van der Waals surface area contributed by atoms with Crippen molar-refractivity contribution in [3.05, 3.63) is 33.1 Å². The Morgan fingerprint density at radius 1 is 1.32 bits per heavy atom. The van der Waals surface area contributed by atoms with E-state index in [2.05, 4.69) is 20.6 Å². The minimum atomic E-state index is -3.64. The zero-order valence-corrected chi connectivity index (χ0v) is 18.8. The summed E-state index contributed by atoms with van der Waals surface area (Å²) < 4.78 is 22.7. The predicted octanol–water partition coefficient (Wildman–Crippen LogP) is 2.08. The Bertz CT molecular complexity index is 801. The number of aromatic nitrogens is 1. The molecule has 7 nitrogen and oxygen atoms in total. The lowest BCUT2D eigenvalue weighted by molar-refractivity contribution is 0.600. The van der Waals surface area contributed by atoms with Gasteiger partial charge >= 0.3 is 0 Å². The van der Waals surface area contributed by atoms with Crippen molar-refractivity contribution in [3.63, 3.8) is 0 Å². The second-order valence-electron chi connectivity index (χ2n) is 5.00. The van der Waals surface area contributed by atoms with E-state index < -0.39 is 10.0 Å². The number of hydrogen-bond acceptors (Lipinski definition) is 6. The van der Waals surface area contributed by atoms with Gasteiger partial charge in [0.25, 0.3) is 0 Å². The number of nitrogens with two attached hydrogens (primary N) is 1. The van der Waals surface area contributed by atoms with Crippen LogP contribution in [0.5, 0.6) is 0 Å². The molecule has 0 amide bonds. The molecule has 0 aliphatic rings. The second kappa shape index (κ2) is 10.4. The summed E-state index contributed by atoms with van der Waals surface area (Å²) in [7, 11) is -3.64. The number of nitrogens with zero attached hydrogens (tertiary/aromatic N) is 2. The van der Waals surface area contributed by atoms with E-state index in [1.807, 2.05) is 20.0 Å². The summed E-state index contributed by atoms with van der Waals surface area (Å²) in [5.41, 5.74) is 0. The van der Waals surface area contributed by atoms with Crippen molar-refractivity contribution in [3.8, 4) is 0 Å². The fourth-order valence-corrected chi connectivity index (χ4v) is 4.39. The van der Waals surface area contributed by atoms with Crippen molar-refractivity contribution >= 4 is 62.6 Å². The minimum Gasteiger partial charge on any atom is -0.357 e. The Morgan fingerprint density at radius 3 is 2.64 bits per heavy atom. The molecule has 0 bridgehead atoms. The Kier molecular flexibility index (Phi) is 9.27. The number of sulfonamides is 1. The zero-order valence-electron chi connectivity index (χ0n) is 14.0. The second-order valence-corrected chi connectivity index (χ2v) is 9.28. The highest BCUT2D eigenvalue weighted by atomic mass is 127. The lowest BCUT2D eigenvalue weighted by atomic mass is 10.4. The van der Waals surface area contributed by atoms with E-state index >= 15 is 0 Å². The van der Waals surface area contributed by atoms with Crippen molar-refractivity contribution in [1.29, 1.82) is 0 Å². The largest absolute Gasteiger partial charge is 0.357 e. The maximum atomic E-state index is 11.3. The lowest BCUT2D eigenvalue weighted by Crippen LogP contribution is -2.38. The Labute approximate surface area is 173 Å². The molecule has 2 rings (SSSR count). The number of halogens is 1. The average molecular weight is 515 g/mol. The fourth-order valence-electron chi connectivity index (χ4n) is 1.90. The number of thiophene rings is 1. The van der Waals surface area contributed by atoms with Crippen LogP contribution in [0.25, 0.3) is 0 Å². The molecule has 2 heterocycles. The highest BCUT2D eigenvalue weighted by Gasteiger charge is 2.11. The van der Waals surface area contributed by atoms with Crippen LogP contribution in [-0.4, -0.2) is 32.5 Å².